The number of likely N-dealkylation sites (tertiary alicyclic amines) is 1. The Kier molecular flexibility index (Phi) is 4.80. The number of hydrogen-bond acceptors (Lipinski definition) is 4. The number of hydrogen-bond donors (Lipinski definition) is 1. The van der Waals surface area contributed by atoms with E-state index in [1.807, 2.05) is 0 Å². The Bertz CT molecular complexity index is 605. The molecule has 0 radical (unpaired) electrons. The fourth-order valence-corrected chi connectivity index (χ4v) is 2.70. The molecule has 6 heteroatoms. The zero-order valence-electron chi connectivity index (χ0n) is 12.9. The molecule has 1 atom stereocenters. The van der Waals surface area contributed by atoms with Gasteiger partial charge in [-0.15, -0.1) is 0 Å². The van der Waals surface area contributed by atoms with Crippen LogP contribution in [0.1, 0.15) is 31.4 Å². The van der Waals surface area contributed by atoms with Gasteiger partial charge >= 0.3 is 0 Å². The van der Waals surface area contributed by atoms with Gasteiger partial charge < -0.3 is 19.4 Å². The van der Waals surface area contributed by atoms with E-state index in [9.17, 15) is 9.59 Å². The van der Waals surface area contributed by atoms with Crippen LogP contribution in [0, 0.1) is 0 Å². The van der Waals surface area contributed by atoms with Crippen molar-refractivity contribution in [2.45, 2.75) is 31.8 Å². The van der Waals surface area contributed by atoms with Gasteiger partial charge in [0.05, 0.1) is 12.5 Å². The van der Waals surface area contributed by atoms with Gasteiger partial charge in [0.1, 0.15) is 11.5 Å². The fraction of sp³-hybridized carbons (Fsp3) is 0.412. The lowest BCUT2D eigenvalue weighted by Gasteiger charge is -2.28. The Labute approximate surface area is 134 Å². The highest BCUT2D eigenvalue weighted by Gasteiger charge is 2.26. The summed E-state index contributed by atoms with van der Waals surface area (Å²) in [6.45, 7) is 1.43. The number of nitrogens with one attached hydrogen (secondary N) is 1. The fourth-order valence-electron chi connectivity index (χ4n) is 2.70. The molecule has 0 bridgehead atoms. The van der Waals surface area contributed by atoms with E-state index in [1.54, 1.807) is 29.2 Å². The molecule has 122 valence electrons. The molecule has 1 N–H and O–H groups in total. The van der Waals surface area contributed by atoms with E-state index in [-0.39, 0.29) is 17.5 Å². The molecule has 6 nitrogen and oxygen atoms in total. The van der Waals surface area contributed by atoms with Gasteiger partial charge in [-0.2, -0.15) is 0 Å². The molecular formula is C17H20N2O4. The third kappa shape index (κ3) is 3.83. The van der Waals surface area contributed by atoms with Gasteiger partial charge in [-0.1, -0.05) is 0 Å². The number of furan rings is 1. The van der Waals surface area contributed by atoms with E-state index in [0.29, 0.717) is 25.3 Å². The van der Waals surface area contributed by atoms with E-state index >= 15 is 0 Å². The minimum atomic E-state index is -0.579. The van der Waals surface area contributed by atoms with E-state index in [0.717, 1.165) is 19.3 Å². The number of nitrogens with zero attached hydrogens (tertiary/aromatic N) is 1. The molecule has 1 aromatic heterocycles. The lowest BCUT2D eigenvalue weighted by atomic mass is 10.1. The standard InChI is InChI=1S/C17H20N2O4/c20-16(15-7-5-11-23-15)18-14(12-13-6-4-10-22-13)17(21)19-8-2-1-3-9-19/h4-6,10-12,15H,1-3,7-9H2,(H,18,20)/b14-12-. The minimum Gasteiger partial charge on any atom is -0.488 e. The minimum absolute atomic E-state index is 0.180. The molecule has 3 rings (SSSR count). The number of carbonyl (C=O) groups is 2. The molecule has 1 fully saturated rings. The predicted molar refractivity (Wildman–Crippen MR) is 83.9 cm³/mol. The van der Waals surface area contributed by atoms with Crippen molar-refractivity contribution >= 4 is 17.9 Å². The number of ether oxygens (including phenoxy) is 1. The third-order valence-electron chi connectivity index (χ3n) is 3.94. The maximum absolute atomic E-state index is 12.7. The maximum Gasteiger partial charge on any atom is 0.270 e. The van der Waals surface area contributed by atoms with E-state index in [2.05, 4.69) is 5.32 Å². The summed E-state index contributed by atoms with van der Waals surface area (Å²) in [6.07, 6.45) is 9.43. The second-order valence-corrected chi connectivity index (χ2v) is 5.65. The number of rotatable bonds is 4. The average molecular weight is 316 g/mol. The van der Waals surface area contributed by atoms with Crippen LogP contribution in [0.5, 0.6) is 0 Å². The molecule has 1 unspecified atom stereocenters. The SMILES string of the molecule is O=C(N/C(=C\c1ccco1)C(=O)N1CCCCC1)C1CC=CO1. The molecule has 3 heterocycles. The normalized spacial score (nSPS) is 21.1. The highest BCUT2D eigenvalue weighted by atomic mass is 16.5. The first-order valence-electron chi connectivity index (χ1n) is 7.90. The number of amides is 2. The van der Waals surface area contributed by atoms with Crippen molar-refractivity contribution < 1.29 is 18.7 Å². The summed E-state index contributed by atoms with van der Waals surface area (Å²) in [4.78, 5) is 26.7. The van der Waals surface area contributed by atoms with Crippen molar-refractivity contribution in [2.24, 2.45) is 0 Å². The summed E-state index contributed by atoms with van der Waals surface area (Å²) >= 11 is 0. The predicted octanol–water partition coefficient (Wildman–Crippen LogP) is 2.05. The van der Waals surface area contributed by atoms with Gasteiger partial charge in [0.2, 0.25) is 0 Å². The molecule has 23 heavy (non-hydrogen) atoms. The van der Waals surface area contributed by atoms with E-state index < -0.39 is 6.10 Å². The van der Waals surface area contributed by atoms with Crippen LogP contribution in [0.3, 0.4) is 0 Å². The molecule has 0 saturated carbocycles. The van der Waals surface area contributed by atoms with Crippen molar-refractivity contribution in [3.63, 3.8) is 0 Å². The first kappa shape index (κ1) is 15.4. The van der Waals surface area contributed by atoms with Crippen molar-refractivity contribution in [1.29, 1.82) is 0 Å². The summed E-state index contributed by atoms with van der Waals surface area (Å²) in [5.74, 6) is 0.0229. The van der Waals surface area contributed by atoms with Crippen LogP contribution in [-0.4, -0.2) is 35.9 Å². The summed E-state index contributed by atoms with van der Waals surface area (Å²) in [5, 5.41) is 2.70. The largest absolute Gasteiger partial charge is 0.488 e. The van der Waals surface area contributed by atoms with Crippen molar-refractivity contribution in [3.05, 3.63) is 42.2 Å². The Morgan fingerprint density at radius 2 is 2.09 bits per heavy atom. The topological polar surface area (TPSA) is 71.8 Å². The van der Waals surface area contributed by atoms with Crippen molar-refractivity contribution in [2.75, 3.05) is 13.1 Å². The molecule has 2 aliphatic rings. The van der Waals surface area contributed by atoms with Gasteiger partial charge in [-0.3, -0.25) is 9.59 Å². The van der Waals surface area contributed by atoms with Crippen LogP contribution in [0.2, 0.25) is 0 Å². The quantitative estimate of drug-likeness (QED) is 0.863. The monoisotopic (exact) mass is 316 g/mol. The van der Waals surface area contributed by atoms with Crippen LogP contribution >= 0.6 is 0 Å². The molecule has 1 aromatic rings. The number of carbonyl (C=O) groups excluding carboxylic acids is 2. The van der Waals surface area contributed by atoms with E-state index in [4.69, 9.17) is 9.15 Å². The Morgan fingerprint density at radius 1 is 1.26 bits per heavy atom. The molecule has 0 spiro atoms. The van der Waals surface area contributed by atoms with E-state index in [1.165, 1.54) is 12.5 Å². The molecule has 0 aromatic carbocycles. The van der Waals surface area contributed by atoms with Crippen molar-refractivity contribution in [3.8, 4) is 0 Å². The molecule has 0 aliphatic carbocycles. The summed E-state index contributed by atoms with van der Waals surface area (Å²) in [6, 6.07) is 3.48. The molecule has 1 saturated heterocycles. The van der Waals surface area contributed by atoms with Crippen LogP contribution in [0.15, 0.2) is 40.8 Å². The van der Waals surface area contributed by atoms with Crippen molar-refractivity contribution in [1.82, 2.24) is 10.2 Å². The Morgan fingerprint density at radius 3 is 2.74 bits per heavy atom. The highest BCUT2D eigenvalue weighted by molar-refractivity contribution is 6.01. The second-order valence-electron chi connectivity index (χ2n) is 5.65. The maximum atomic E-state index is 12.7. The summed E-state index contributed by atoms with van der Waals surface area (Å²) in [7, 11) is 0. The lowest BCUT2D eigenvalue weighted by molar-refractivity contribution is -0.132. The van der Waals surface area contributed by atoms with Gasteiger partial charge in [-0.25, -0.2) is 0 Å². The van der Waals surface area contributed by atoms with Gasteiger partial charge in [0.15, 0.2) is 6.10 Å². The third-order valence-corrected chi connectivity index (χ3v) is 3.94. The summed E-state index contributed by atoms with van der Waals surface area (Å²) in [5.41, 5.74) is 0.224. The lowest BCUT2D eigenvalue weighted by Crippen LogP contribution is -2.43. The molecule has 2 aliphatic heterocycles. The zero-order valence-corrected chi connectivity index (χ0v) is 12.9. The highest BCUT2D eigenvalue weighted by Crippen LogP contribution is 2.15. The smallest absolute Gasteiger partial charge is 0.270 e. The first-order valence-corrected chi connectivity index (χ1v) is 7.90. The average Bonchev–Trinajstić information content (AvgIpc) is 3.28. The summed E-state index contributed by atoms with van der Waals surface area (Å²) < 4.78 is 10.5. The van der Waals surface area contributed by atoms with Gasteiger partial charge in [-0.05, 0) is 37.5 Å². The Hall–Kier alpha value is -2.50. The van der Waals surface area contributed by atoms with Crippen LogP contribution < -0.4 is 5.32 Å². The van der Waals surface area contributed by atoms with Crippen LogP contribution in [0.4, 0.5) is 0 Å². The first-order chi connectivity index (χ1) is 11.2. The molecule has 2 amide bonds. The van der Waals surface area contributed by atoms with Gasteiger partial charge in [0, 0.05) is 25.6 Å². The van der Waals surface area contributed by atoms with Crippen LogP contribution in [0.25, 0.3) is 6.08 Å². The van der Waals surface area contributed by atoms with Crippen LogP contribution in [-0.2, 0) is 14.3 Å². The second kappa shape index (κ2) is 7.17. The number of piperidine rings is 1. The Balaban J connectivity index is 1.75. The molecular weight excluding hydrogens is 296 g/mol. The van der Waals surface area contributed by atoms with Gasteiger partial charge in [0.25, 0.3) is 11.8 Å². The zero-order chi connectivity index (χ0) is 16.1.